The van der Waals surface area contributed by atoms with E-state index in [0.29, 0.717) is 43.0 Å². The molecule has 1 fully saturated rings. The second-order valence-corrected chi connectivity index (χ2v) is 7.42. The molecular formula is C22H25NO3. The number of carbonyl (C=O) groups excluding carboxylic acids is 1. The van der Waals surface area contributed by atoms with Gasteiger partial charge in [0.2, 0.25) is 0 Å². The van der Waals surface area contributed by atoms with Gasteiger partial charge in [0.1, 0.15) is 13.2 Å². The number of nitrogens with zero attached hydrogens (tertiary/aromatic N) is 1. The van der Waals surface area contributed by atoms with Crippen LogP contribution in [0.5, 0.6) is 11.5 Å². The van der Waals surface area contributed by atoms with E-state index >= 15 is 0 Å². The molecule has 1 heterocycles. The Morgan fingerprint density at radius 1 is 1.04 bits per heavy atom. The molecule has 4 heteroatoms. The minimum Gasteiger partial charge on any atom is -0.486 e. The van der Waals surface area contributed by atoms with E-state index in [1.54, 1.807) is 0 Å². The van der Waals surface area contributed by atoms with Gasteiger partial charge >= 0.3 is 0 Å². The van der Waals surface area contributed by atoms with Gasteiger partial charge in [-0.1, -0.05) is 38.1 Å². The van der Waals surface area contributed by atoms with Crippen LogP contribution in [0.15, 0.2) is 42.5 Å². The highest BCUT2D eigenvalue weighted by Crippen LogP contribution is 2.34. The number of carbonyl (C=O) groups is 1. The first kappa shape index (κ1) is 17.0. The van der Waals surface area contributed by atoms with Gasteiger partial charge in [0, 0.05) is 18.2 Å². The molecule has 1 aliphatic heterocycles. The summed E-state index contributed by atoms with van der Waals surface area (Å²) < 4.78 is 11.2. The quantitative estimate of drug-likeness (QED) is 0.802. The maximum Gasteiger partial charge on any atom is 0.254 e. The van der Waals surface area contributed by atoms with Crippen LogP contribution in [0.2, 0.25) is 0 Å². The van der Waals surface area contributed by atoms with Gasteiger partial charge in [-0.3, -0.25) is 4.79 Å². The zero-order valence-corrected chi connectivity index (χ0v) is 15.4. The number of amides is 1. The number of ether oxygens (including phenoxy) is 2. The number of hydrogen-bond donors (Lipinski definition) is 0. The molecule has 2 aliphatic rings. The second kappa shape index (κ2) is 7.02. The lowest BCUT2D eigenvalue weighted by Crippen LogP contribution is -2.32. The molecule has 2 aromatic carbocycles. The Morgan fingerprint density at radius 3 is 2.38 bits per heavy atom. The first-order valence-electron chi connectivity index (χ1n) is 9.41. The van der Waals surface area contributed by atoms with Gasteiger partial charge in [-0.05, 0) is 48.1 Å². The van der Waals surface area contributed by atoms with Gasteiger partial charge in [0.15, 0.2) is 11.5 Å². The van der Waals surface area contributed by atoms with Gasteiger partial charge in [-0.25, -0.2) is 0 Å². The number of rotatable bonds is 5. The molecule has 0 bridgehead atoms. The molecule has 4 nitrogen and oxygen atoms in total. The number of benzene rings is 2. The van der Waals surface area contributed by atoms with Gasteiger partial charge in [0.05, 0.1) is 0 Å². The lowest BCUT2D eigenvalue weighted by Gasteiger charge is -2.24. The predicted octanol–water partition coefficient (Wildman–Crippen LogP) is 4.39. The van der Waals surface area contributed by atoms with Crippen LogP contribution < -0.4 is 9.47 Å². The summed E-state index contributed by atoms with van der Waals surface area (Å²) in [4.78, 5) is 15.1. The van der Waals surface area contributed by atoms with Crippen LogP contribution in [0.1, 0.15) is 54.1 Å². The molecule has 0 radical (unpaired) electrons. The smallest absolute Gasteiger partial charge is 0.254 e. The maximum absolute atomic E-state index is 13.1. The molecule has 26 heavy (non-hydrogen) atoms. The van der Waals surface area contributed by atoms with Crippen molar-refractivity contribution in [1.29, 1.82) is 0 Å². The minimum absolute atomic E-state index is 0.0670. The normalized spacial score (nSPS) is 15.8. The molecule has 0 saturated heterocycles. The zero-order chi connectivity index (χ0) is 18.1. The van der Waals surface area contributed by atoms with Gasteiger partial charge in [0.25, 0.3) is 5.91 Å². The van der Waals surface area contributed by atoms with E-state index in [1.807, 2.05) is 23.1 Å². The lowest BCUT2D eigenvalue weighted by atomic mass is 10.0. The van der Waals surface area contributed by atoms with Crippen molar-refractivity contribution in [2.24, 2.45) is 0 Å². The first-order chi connectivity index (χ1) is 12.6. The Hall–Kier alpha value is -2.49. The van der Waals surface area contributed by atoms with Crippen LogP contribution in [-0.4, -0.2) is 30.1 Å². The third-order valence-corrected chi connectivity index (χ3v) is 5.04. The van der Waals surface area contributed by atoms with Crippen molar-refractivity contribution in [3.63, 3.8) is 0 Å². The summed E-state index contributed by atoms with van der Waals surface area (Å²) in [5.41, 5.74) is 3.16. The summed E-state index contributed by atoms with van der Waals surface area (Å²) in [6.45, 7) is 6.12. The van der Waals surface area contributed by atoms with Crippen LogP contribution >= 0.6 is 0 Å². The van der Waals surface area contributed by atoms with Crippen molar-refractivity contribution in [3.05, 3.63) is 59.2 Å². The van der Waals surface area contributed by atoms with Crippen molar-refractivity contribution in [3.8, 4) is 11.5 Å². The van der Waals surface area contributed by atoms with Crippen molar-refractivity contribution >= 4 is 5.91 Å². The fourth-order valence-corrected chi connectivity index (χ4v) is 3.30. The molecule has 2 aromatic rings. The number of hydrogen-bond acceptors (Lipinski definition) is 3. The molecule has 0 unspecified atom stereocenters. The highest BCUT2D eigenvalue weighted by atomic mass is 16.6. The molecule has 0 aromatic heterocycles. The number of fused-ring (bicyclic) bond motifs is 1. The molecule has 1 amide bonds. The summed E-state index contributed by atoms with van der Waals surface area (Å²) in [5, 5.41) is 0. The summed E-state index contributed by atoms with van der Waals surface area (Å²) in [5.74, 6) is 1.97. The molecule has 0 N–H and O–H groups in total. The van der Waals surface area contributed by atoms with Crippen LogP contribution in [0.4, 0.5) is 0 Å². The van der Waals surface area contributed by atoms with Gasteiger partial charge < -0.3 is 14.4 Å². The van der Waals surface area contributed by atoms with E-state index in [9.17, 15) is 4.79 Å². The van der Waals surface area contributed by atoms with Crippen molar-refractivity contribution in [1.82, 2.24) is 4.90 Å². The van der Waals surface area contributed by atoms with Gasteiger partial charge in [-0.2, -0.15) is 0 Å². The Morgan fingerprint density at radius 2 is 1.73 bits per heavy atom. The van der Waals surface area contributed by atoms with Crippen LogP contribution in [-0.2, 0) is 6.54 Å². The Kier molecular flexibility index (Phi) is 4.58. The molecule has 1 aliphatic carbocycles. The SMILES string of the molecule is CC(C)c1ccc(CN(C(=O)c2ccc3c(c2)OCCO3)C2CC2)cc1. The highest BCUT2D eigenvalue weighted by molar-refractivity contribution is 5.95. The third-order valence-electron chi connectivity index (χ3n) is 5.04. The van der Waals surface area contributed by atoms with Crippen LogP contribution in [0, 0.1) is 0 Å². The fourth-order valence-electron chi connectivity index (χ4n) is 3.30. The van der Waals surface area contributed by atoms with Crippen LogP contribution in [0.25, 0.3) is 0 Å². The maximum atomic E-state index is 13.1. The fraction of sp³-hybridized carbons (Fsp3) is 0.409. The average molecular weight is 351 g/mol. The third kappa shape index (κ3) is 3.55. The molecule has 0 atom stereocenters. The van der Waals surface area contributed by atoms with Crippen molar-refractivity contribution < 1.29 is 14.3 Å². The first-order valence-corrected chi connectivity index (χ1v) is 9.41. The molecule has 0 spiro atoms. The van der Waals surface area contributed by atoms with E-state index in [0.717, 1.165) is 18.6 Å². The van der Waals surface area contributed by atoms with Crippen molar-refractivity contribution in [2.75, 3.05) is 13.2 Å². The van der Waals surface area contributed by atoms with Gasteiger partial charge in [-0.15, -0.1) is 0 Å². The Bertz CT molecular complexity index is 794. The van der Waals surface area contributed by atoms with E-state index in [2.05, 4.69) is 38.1 Å². The van der Waals surface area contributed by atoms with E-state index in [-0.39, 0.29) is 5.91 Å². The topological polar surface area (TPSA) is 38.8 Å². The highest BCUT2D eigenvalue weighted by Gasteiger charge is 2.33. The van der Waals surface area contributed by atoms with E-state index < -0.39 is 0 Å². The van der Waals surface area contributed by atoms with E-state index in [1.165, 1.54) is 11.1 Å². The zero-order valence-electron chi connectivity index (χ0n) is 15.4. The summed E-state index contributed by atoms with van der Waals surface area (Å²) in [6, 6.07) is 14.5. The molecule has 4 rings (SSSR count). The summed E-state index contributed by atoms with van der Waals surface area (Å²) in [6.07, 6.45) is 2.17. The predicted molar refractivity (Wildman–Crippen MR) is 101 cm³/mol. The summed E-state index contributed by atoms with van der Waals surface area (Å²) >= 11 is 0. The molecule has 136 valence electrons. The van der Waals surface area contributed by atoms with E-state index in [4.69, 9.17) is 9.47 Å². The summed E-state index contributed by atoms with van der Waals surface area (Å²) in [7, 11) is 0. The minimum atomic E-state index is 0.0670. The monoisotopic (exact) mass is 351 g/mol. The Balaban J connectivity index is 1.53. The second-order valence-electron chi connectivity index (χ2n) is 7.42. The lowest BCUT2D eigenvalue weighted by molar-refractivity contribution is 0.0728. The Labute approximate surface area is 154 Å². The van der Waals surface area contributed by atoms with Crippen LogP contribution in [0.3, 0.4) is 0 Å². The average Bonchev–Trinajstić information content (AvgIpc) is 3.50. The van der Waals surface area contributed by atoms with Crippen molar-refractivity contribution in [2.45, 2.75) is 45.2 Å². The largest absolute Gasteiger partial charge is 0.486 e. The molecule has 1 saturated carbocycles. The standard InChI is InChI=1S/C22H25NO3/c1-15(2)17-5-3-16(4-6-17)14-23(19-8-9-19)22(24)18-7-10-20-21(13-18)26-12-11-25-20/h3-7,10,13,15,19H,8-9,11-12,14H2,1-2H3. The molecular weight excluding hydrogens is 326 g/mol.